The van der Waals surface area contributed by atoms with E-state index in [9.17, 15) is 9.59 Å². The van der Waals surface area contributed by atoms with Gasteiger partial charge in [0.2, 0.25) is 6.29 Å². The van der Waals surface area contributed by atoms with Gasteiger partial charge in [-0.1, -0.05) is 13.3 Å². The van der Waals surface area contributed by atoms with E-state index < -0.39 is 6.29 Å². The summed E-state index contributed by atoms with van der Waals surface area (Å²) >= 11 is 0. The fourth-order valence-electron chi connectivity index (χ4n) is 3.86. The molecule has 1 atom stereocenters. The van der Waals surface area contributed by atoms with Gasteiger partial charge < -0.3 is 19.8 Å². The first kappa shape index (κ1) is 16.7. The maximum atomic E-state index is 12.9. The molecule has 6 heteroatoms. The Morgan fingerprint density at radius 2 is 1.96 bits per heavy atom. The Hall–Kier alpha value is -2.76. The maximum absolute atomic E-state index is 12.9. The number of hydrogen-bond donors (Lipinski definition) is 2. The van der Waals surface area contributed by atoms with Crippen LogP contribution >= 0.6 is 0 Å². The van der Waals surface area contributed by atoms with Gasteiger partial charge in [-0.25, -0.2) is 0 Å². The number of pyridine rings is 1. The number of amides is 1. The number of aromatic amines is 1. The van der Waals surface area contributed by atoms with E-state index >= 15 is 0 Å². The van der Waals surface area contributed by atoms with E-state index in [1.54, 1.807) is 6.92 Å². The molecule has 0 bridgehead atoms. The van der Waals surface area contributed by atoms with Crippen LogP contribution in [0.2, 0.25) is 0 Å². The average molecular weight is 354 g/mol. The van der Waals surface area contributed by atoms with Gasteiger partial charge >= 0.3 is 0 Å². The van der Waals surface area contributed by atoms with Crippen molar-refractivity contribution in [3.63, 3.8) is 0 Å². The van der Waals surface area contributed by atoms with Crippen molar-refractivity contribution in [3.05, 3.63) is 44.9 Å². The monoisotopic (exact) mass is 354 g/mol. The van der Waals surface area contributed by atoms with Gasteiger partial charge in [-0.05, 0) is 43.0 Å². The van der Waals surface area contributed by atoms with Crippen LogP contribution in [0, 0.1) is 6.92 Å². The van der Waals surface area contributed by atoms with Crippen LogP contribution in [0.1, 0.15) is 47.4 Å². The average Bonchev–Trinajstić information content (AvgIpc) is 2.94. The smallest absolute Gasteiger partial charge is 0.256 e. The number of fused-ring (bicyclic) bond motifs is 2. The highest BCUT2D eigenvalue weighted by atomic mass is 16.7. The van der Waals surface area contributed by atoms with Gasteiger partial charge in [0.15, 0.2) is 11.5 Å². The van der Waals surface area contributed by atoms with Crippen LogP contribution in [0.15, 0.2) is 16.9 Å². The molecule has 2 aromatic rings. The Labute approximate surface area is 151 Å². The van der Waals surface area contributed by atoms with Gasteiger partial charge in [0.25, 0.3) is 11.5 Å². The number of aromatic nitrogens is 1. The summed E-state index contributed by atoms with van der Waals surface area (Å²) in [5, 5.41) is 2.89. The van der Waals surface area contributed by atoms with E-state index in [0.717, 1.165) is 29.7 Å². The molecule has 2 N–H and O–H groups in total. The van der Waals surface area contributed by atoms with Gasteiger partial charge in [-0.2, -0.15) is 0 Å². The molecular formula is C20H22N2O4. The van der Waals surface area contributed by atoms with Crippen LogP contribution in [0.4, 0.5) is 0 Å². The van der Waals surface area contributed by atoms with E-state index in [-0.39, 0.29) is 11.5 Å². The number of rotatable bonds is 3. The summed E-state index contributed by atoms with van der Waals surface area (Å²) < 4.78 is 11.6. The Morgan fingerprint density at radius 3 is 2.73 bits per heavy atom. The van der Waals surface area contributed by atoms with Gasteiger partial charge in [0.05, 0.1) is 11.1 Å². The van der Waals surface area contributed by atoms with Crippen molar-refractivity contribution >= 4 is 5.91 Å². The molecule has 0 aliphatic carbocycles. The summed E-state index contributed by atoms with van der Waals surface area (Å²) in [4.78, 5) is 28.5. The zero-order chi connectivity index (χ0) is 18.4. The molecule has 1 aromatic carbocycles. The van der Waals surface area contributed by atoms with E-state index in [4.69, 9.17) is 9.47 Å². The molecule has 1 unspecified atom stereocenters. The minimum absolute atomic E-state index is 0.172. The second kappa shape index (κ2) is 6.20. The SMILES string of the molecule is CCCc1cc(C)[nH]c(=O)c1-c1c2c(cc3c1C(=O)NCC3)OC(C)O2. The molecule has 1 aromatic heterocycles. The molecule has 3 heterocycles. The van der Waals surface area contributed by atoms with Crippen LogP contribution < -0.4 is 20.3 Å². The lowest BCUT2D eigenvalue weighted by molar-refractivity contribution is 0.0680. The molecular weight excluding hydrogens is 332 g/mol. The molecule has 0 saturated heterocycles. The number of benzene rings is 1. The van der Waals surface area contributed by atoms with Crippen molar-refractivity contribution < 1.29 is 14.3 Å². The number of aryl methyl sites for hydroxylation is 2. The van der Waals surface area contributed by atoms with Crippen molar-refractivity contribution in [2.24, 2.45) is 0 Å². The summed E-state index contributed by atoms with van der Waals surface area (Å²) in [6, 6.07) is 3.85. The molecule has 0 radical (unpaired) electrons. The van der Waals surface area contributed by atoms with Gasteiger partial charge in [-0.3, -0.25) is 9.59 Å². The molecule has 136 valence electrons. The third-order valence-corrected chi connectivity index (χ3v) is 4.83. The normalized spacial score (nSPS) is 17.8. The minimum atomic E-state index is -0.449. The third kappa shape index (κ3) is 2.57. The molecule has 2 aliphatic rings. The Bertz CT molecular complexity index is 961. The quantitative estimate of drug-likeness (QED) is 0.888. The standard InChI is InChI=1S/C20H22N2O4/c1-4-5-12-8-10(2)22-20(24)16(12)17-15-13(6-7-21-19(15)23)9-14-18(17)26-11(3)25-14/h8-9,11H,4-7H2,1-3H3,(H,21,23)(H,22,24). The van der Waals surface area contributed by atoms with E-state index in [1.807, 2.05) is 19.1 Å². The van der Waals surface area contributed by atoms with E-state index in [0.29, 0.717) is 41.2 Å². The minimum Gasteiger partial charge on any atom is -0.451 e. The zero-order valence-electron chi connectivity index (χ0n) is 15.2. The van der Waals surface area contributed by atoms with E-state index in [1.165, 1.54) is 0 Å². The van der Waals surface area contributed by atoms with Crippen molar-refractivity contribution in [1.29, 1.82) is 0 Å². The van der Waals surface area contributed by atoms with Crippen LogP contribution in [-0.2, 0) is 12.8 Å². The first-order chi connectivity index (χ1) is 12.5. The van der Waals surface area contributed by atoms with Gasteiger partial charge in [-0.15, -0.1) is 0 Å². The zero-order valence-corrected chi connectivity index (χ0v) is 15.2. The molecule has 26 heavy (non-hydrogen) atoms. The lowest BCUT2D eigenvalue weighted by Crippen LogP contribution is -2.33. The second-order valence-electron chi connectivity index (χ2n) is 6.85. The fraction of sp³-hybridized carbons (Fsp3) is 0.400. The van der Waals surface area contributed by atoms with Crippen molar-refractivity contribution in [1.82, 2.24) is 10.3 Å². The topological polar surface area (TPSA) is 80.4 Å². The first-order valence-corrected chi connectivity index (χ1v) is 9.04. The molecule has 2 aliphatic heterocycles. The number of H-pyrrole nitrogens is 1. The molecule has 1 amide bonds. The fourth-order valence-corrected chi connectivity index (χ4v) is 3.86. The predicted octanol–water partition coefficient (Wildman–Crippen LogP) is 2.71. The lowest BCUT2D eigenvalue weighted by Gasteiger charge is -2.22. The van der Waals surface area contributed by atoms with Crippen LogP contribution in [-0.4, -0.2) is 23.7 Å². The number of carbonyl (C=O) groups is 1. The van der Waals surface area contributed by atoms with Crippen molar-refractivity contribution in [2.45, 2.75) is 46.3 Å². The summed E-state index contributed by atoms with van der Waals surface area (Å²) in [7, 11) is 0. The summed E-state index contributed by atoms with van der Waals surface area (Å²) in [5.41, 5.74) is 4.01. The summed E-state index contributed by atoms with van der Waals surface area (Å²) in [6.45, 7) is 6.31. The third-order valence-electron chi connectivity index (χ3n) is 4.83. The molecule has 0 spiro atoms. The van der Waals surface area contributed by atoms with Crippen molar-refractivity contribution in [2.75, 3.05) is 6.54 Å². The number of hydrogen-bond acceptors (Lipinski definition) is 4. The Morgan fingerprint density at radius 1 is 1.15 bits per heavy atom. The number of nitrogens with one attached hydrogen (secondary N) is 2. The van der Waals surface area contributed by atoms with Crippen LogP contribution in [0.3, 0.4) is 0 Å². The van der Waals surface area contributed by atoms with Gasteiger partial charge in [0.1, 0.15) is 0 Å². The number of carbonyl (C=O) groups excluding carboxylic acids is 1. The van der Waals surface area contributed by atoms with Crippen LogP contribution in [0.25, 0.3) is 11.1 Å². The van der Waals surface area contributed by atoms with E-state index in [2.05, 4.69) is 17.2 Å². The summed E-state index contributed by atoms with van der Waals surface area (Å²) in [5.74, 6) is 0.915. The first-order valence-electron chi connectivity index (χ1n) is 9.04. The van der Waals surface area contributed by atoms with Crippen LogP contribution in [0.5, 0.6) is 11.5 Å². The van der Waals surface area contributed by atoms with Gasteiger partial charge in [0, 0.05) is 24.7 Å². The molecule has 6 nitrogen and oxygen atoms in total. The highest BCUT2D eigenvalue weighted by Gasteiger charge is 2.34. The largest absolute Gasteiger partial charge is 0.451 e. The number of ether oxygens (including phenoxy) is 2. The highest BCUT2D eigenvalue weighted by molar-refractivity contribution is 6.05. The molecule has 4 rings (SSSR count). The molecule has 0 saturated carbocycles. The highest BCUT2D eigenvalue weighted by Crippen LogP contribution is 2.47. The summed E-state index contributed by atoms with van der Waals surface area (Å²) in [6.07, 6.45) is 1.89. The predicted molar refractivity (Wildman–Crippen MR) is 98.0 cm³/mol. The van der Waals surface area contributed by atoms with Crippen molar-refractivity contribution in [3.8, 4) is 22.6 Å². The Balaban J connectivity index is 2.09. The lowest BCUT2D eigenvalue weighted by atomic mass is 9.87. The molecule has 0 fully saturated rings. The second-order valence-corrected chi connectivity index (χ2v) is 6.85. The Kier molecular flexibility index (Phi) is 3.98. The maximum Gasteiger partial charge on any atom is 0.256 e.